The van der Waals surface area contributed by atoms with Crippen molar-refractivity contribution in [2.45, 2.75) is 19.9 Å². The summed E-state index contributed by atoms with van der Waals surface area (Å²) in [6.45, 7) is 2.33. The largest absolute Gasteiger partial charge is 0.366 e. The zero-order valence-corrected chi connectivity index (χ0v) is 13.2. The molecule has 24 heavy (non-hydrogen) atoms. The number of carbonyl (C=O) groups is 1. The molecule has 0 aliphatic heterocycles. The first kappa shape index (κ1) is 15.8. The lowest BCUT2D eigenvalue weighted by molar-refractivity contribution is 0.100. The van der Waals surface area contributed by atoms with Gasteiger partial charge in [0.1, 0.15) is 18.1 Å². The van der Waals surface area contributed by atoms with Crippen LogP contribution >= 0.6 is 0 Å². The first-order valence-electron chi connectivity index (χ1n) is 7.58. The lowest BCUT2D eigenvalue weighted by Gasteiger charge is -2.05. The Labute approximate surface area is 139 Å². The third-order valence-corrected chi connectivity index (χ3v) is 3.98. The Hall–Kier alpha value is -3.13. The van der Waals surface area contributed by atoms with Gasteiger partial charge in [0, 0.05) is 16.5 Å². The number of nitrogens with two attached hydrogens (primary N) is 1. The molecule has 0 aliphatic carbocycles. The Morgan fingerprint density at radius 2 is 2.17 bits per heavy atom. The smallest absolute Gasteiger partial charge is 0.249 e. The molecule has 1 heterocycles. The molecule has 1 aromatic heterocycles. The van der Waals surface area contributed by atoms with Crippen LogP contribution in [0.3, 0.4) is 0 Å². The number of hydrogen-bond acceptors (Lipinski definition) is 2. The van der Waals surface area contributed by atoms with E-state index in [1.807, 2.05) is 25.1 Å². The van der Waals surface area contributed by atoms with Crippen LogP contribution in [0.4, 0.5) is 4.39 Å². The summed E-state index contributed by atoms with van der Waals surface area (Å²) in [5, 5.41) is 5.36. The predicted molar refractivity (Wildman–Crippen MR) is 91.9 cm³/mol. The second-order valence-electron chi connectivity index (χ2n) is 5.43. The maximum atomic E-state index is 13.8. The number of carbonyl (C=O) groups excluding carboxylic acids is 1. The van der Waals surface area contributed by atoms with Crippen LogP contribution in [0.15, 0.2) is 36.4 Å². The molecule has 2 aromatic carbocycles. The maximum absolute atomic E-state index is 13.8. The van der Waals surface area contributed by atoms with E-state index in [0.29, 0.717) is 11.3 Å². The summed E-state index contributed by atoms with van der Waals surface area (Å²) in [7, 11) is 0. The van der Waals surface area contributed by atoms with Crippen LogP contribution in [0, 0.1) is 18.2 Å². The quantitative estimate of drug-likeness (QED) is 0.751. The number of halogens is 1. The molecule has 0 radical (unpaired) electrons. The van der Waals surface area contributed by atoms with E-state index in [1.54, 1.807) is 4.68 Å². The van der Waals surface area contributed by atoms with Gasteiger partial charge < -0.3 is 5.73 Å². The highest BCUT2D eigenvalue weighted by Gasteiger charge is 2.19. The maximum Gasteiger partial charge on any atom is 0.249 e. The molecule has 1 amide bonds. The molecule has 0 unspecified atom stereocenters. The number of amides is 1. The summed E-state index contributed by atoms with van der Waals surface area (Å²) in [4.78, 5) is 11.7. The molecule has 0 fully saturated rings. The lowest BCUT2D eigenvalue weighted by atomic mass is 9.99. The third kappa shape index (κ3) is 2.52. The fraction of sp³-hybridized carbons (Fsp3) is 0.158. The van der Waals surface area contributed by atoms with E-state index in [0.717, 1.165) is 22.9 Å². The van der Waals surface area contributed by atoms with Crippen molar-refractivity contribution >= 4 is 16.8 Å². The van der Waals surface area contributed by atoms with Gasteiger partial charge in [0.15, 0.2) is 0 Å². The standard InChI is InChI=1S/C19H16FN3O/c1-3-10-23-18-12(4-2)6-5-7-15(18)17(22-23)16-11-13(20)8-9-14(16)19(21)24/h1,5-9,11H,4,10H2,2H3,(H2,21,24). The molecule has 0 atom stereocenters. The third-order valence-electron chi connectivity index (χ3n) is 3.98. The topological polar surface area (TPSA) is 60.9 Å². The number of primary amides is 1. The molecule has 0 aliphatic rings. The minimum Gasteiger partial charge on any atom is -0.366 e. The molecule has 3 rings (SSSR count). The molecule has 2 N–H and O–H groups in total. The summed E-state index contributed by atoms with van der Waals surface area (Å²) in [6.07, 6.45) is 6.25. The number of aromatic nitrogens is 2. The molecule has 3 aromatic rings. The Balaban J connectivity index is 2.39. The fourth-order valence-electron chi connectivity index (χ4n) is 2.92. The Morgan fingerprint density at radius 3 is 2.83 bits per heavy atom. The van der Waals surface area contributed by atoms with Crippen LogP contribution in [0.5, 0.6) is 0 Å². The normalized spacial score (nSPS) is 10.7. The second-order valence-corrected chi connectivity index (χ2v) is 5.43. The van der Waals surface area contributed by atoms with E-state index in [-0.39, 0.29) is 12.1 Å². The van der Waals surface area contributed by atoms with Gasteiger partial charge in [-0.15, -0.1) is 6.42 Å². The summed E-state index contributed by atoms with van der Waals surface area (Å²) >= 11 is 0. The van der Waals surface area contributed by atoms with E-state index in [2.05, 4.69) is 11.0 Å². The molecular weight excluding hydrogens is 305 g/mol. The van der Waals surface area contributed by atoms with Crippen molar-refractivity contribution in [1.82, 2.24) is 9.78 Å². The van der Waals surface area contributed by atoms with Gasteiger partial charge in [0.05, 0.1) is 5.52 Å². The number of aryl methyl sites for hydroxylation is 1. The zero-order chi connectivity index (χ0) is 17.3. The molecule has 120 valence electrons. The van der Waals surface area contributed by atoms with Crippen LogP contribution < -0.4 is 5.73 Å². The minimum absolute atomic E-state index is 0.227. The van der Waals surface area contributed by atoms with Crippen molar-refractivity contribution in [3.05, 3.63) is 53.3 Å². The summed E-state index contributed by atoms with van der Waals surface area (Å²) in [5.41, 5.74) is 8.52. The number of fused-ring (bicyclic) bond motifs is 1. The van der Waals surface area contributed by atoms with Gasteiger partial charge in [0.2, 0.25) is 5.91 Å². The van der Waals surface area contributed by atoms with Gasteiger partial charge in [-0.1, -0.05) is 31.0 Å². The highest BCUT2D eigenvalue weighted by atomic mass is 19.1. The zero-order valence-electron chi connectivity index (χ0n) is 13.2. The number of rotatable bonds is 4. The van der Waals surface area contributed by atoms with Crippen LogP contribution in [-0.4, -0.2) is 15.7 Å². The van der Waals surface area contributed by atoms with Gasteiger partial charge in [-0.2, -0.15) is 5.10 Å². The number of terminal acetylenes is 1. The van der Waals surface area contributed by atoms with Gasteiger partial charge in [-0.05, 0) is 30.2 Å². The van der Waals surface area contributed by atoms with Gasteiger partial charge in [-0.3, -0.25) is 9.48 Å². The molecule has 0 saturated heterocycles. The number of hydrogen-bond donors (Lipinski definition) is 1. The Kier molecular flexibility index (Phi) is 4.05. The van der Waals surface area contributed by atoms with E-state index in [4.69, 9.17) is 12.2 Å². The number of nitrogens with zero attached hydrogens (tertiary/aromatic N) is 2. The van der Waals surface area contributed by atoms with Crippen molar-refractivity contribution < 1.29 is 9.18 Å². The van der Waals surface area contributed by atoms with E-state index in [1.165, 1.54) is 18.2 Å². The molecule has 0 bridgehead atoms. The molecule has 4 nitrogen and oxygen atoms in total. The van der Waals surface area contributed by atoms with Gasteiger partial charge >= 0.3 is 0 Å². The van der Waals surface area contributed by atoms with Gasteiger partial charge in [0.25, 0.3) is 0 Å². The molecular formula is C19H16FN3O. The monoisotopic (exact) mass is 321 g/mol. The molecule has 0 saturated carbocycles. The first-order valence-corrected chi connectivity index (χ1v) is 7.58. The number of para-hydroxylation sites is 1. The van der Waals surface area contributed by atoms with Crippen LogP contribution in [0.1, 0.15) is 22.8 Å². The van der Waals surface area contributed by atoms with Crippen LogP contribution in [0.25, 0.3) is 22.2 Å². The molecule has 5 heteroatoms. The minimum atomic E-state index is -0.628. The number of benzene rings is 2. The van der Waals surface area contributed by atoms with E-state index < -0.39 is 11.7 Å². The first-order chi connectivity index (χ1) is 11.6. The van der Waals surface area contributed by atoms with Crippen molar-refractivity contribution in [2.75, 3.05) is 0 Å². The SMILES string of the molecule is C#CCn1nc(-c2cc(F)ccc2C(N)=O)c2cccc(CC)c21. The second kappa shape index (κ2) is 6.17. The lowest BCUT2D eigenvalue weighted by Crippen LogP contribution is -2.12. The summed E-state index contributed by atoms with van der Waals surface area (Å²) in [5.74, 6) is 1.49. The van der Waals surface area contributed by atoms with Gasteiger partial charge in [-0.25, -0.2) is 4.39 Å². The van der Waals surface area contributed by atoms with E-state index >= 15 is 0 Å². The summed E-state index contributed by atoms with van der Waals surface area (Å²) in [6, 6.07) is 9.67. The van der Waals surface area contributed by atoms with Crippen molar-refractivity contribution in [2.24, 2.45) is 5.73 Å². The average Bonchev–Trinajstić information content (AvgIpc) is 2.93. The van der Waals surface area contributed by atoms with Crippen LogP contribution in [-0.2, 0) is 13.0 Å². The van der Waals surface area contributed by atoms with Crippen LogP contribution in [0.2, 0.25) is 0 Å². The average molecular weight is 321 g/mol. The Morgan fingerprint density at radius 1 is 1.38 bits per heavy atom. The fourth-order valence-corrected chi connectivity index (χ4v) is 2.92. The highest BCUT2D eigenvalue weighted by molar-refractivity contribution is 6.04. The van der Waals surface area contributed by atoms with Crippen molar-refractivity contribution in [3.8, 4) is 23.6 Å². The highest BCUT2D eigenvalue weighted by Crippen LogP contribution is 2.32. The van der Waals surface area contributed by atoms with Crippen molar-refractivity contribution in [1.29, 1.82) is 0 Å². The Bertz CT molecular complexity index is 982. The van der Waals surface area contributed by atoms with E-state index in [9.17, 15) is 9.18 Å². The predicted octanol–water partition coefficient (Wildman–Crippen LogP) is 3.14. The summed E-state index contributed by atoms with van der Waals surface area (Å²) < 4.78 is 15.5. The van der Waals surface area contributed by atoms with Crippen molar-refractivity contribution in [3.63, 3.8) is 0 Å². The molecule has 0 spiro atoms.